The lowest BCUT2D eigenvalue weighted by Gasteiger charge is -2.31. The molecular formula is C20H26N2O3. The molecule has 0 amide bonds. The van der Waals surface area contributed by atoms with Gasteiger partial charge in [0.15, 0.2) is 17.6 Å². The van der Waals surface area contributed by atoms with Gasteiger partial charge in [0, 0.05) is 19.3 Å². The van der Waals surface area contributed by atoms with Crippen LogP contribution in [-0.2, 0) is 11.2 Å². The standard InChI is InChI=1S/C20H26N2O3/c1-3-15-9-10-22-16(13-15)20(19-14-21-11-12-24-19)25-18-8-6-5-7-17(18)23-4-2/h5-10,13,19-21H,3-4,11-12,14H2,1-2H3/t19-,20?/m0/s1. The summed E-state index contributed by atoms with van der Waals surface area (Å²) in [6.45, 7) is 6.97. The minimum absolute atomic E-state index is 0.0944. The number of hydrogen-bond acceptors (Lipinski definition) is 5. The molecule has 5 heteroatoms. The second-order valence-electron chi connectivity index (χ2n) is 5.97. The van der Waals surface area contributed by atoms with Crippen LogP contribution in [0.1, 0.15) is 31.2 Å². The summed E-state index contributed by atoms with van der Waals surface area (Å²) in [6.07, 6.45) is 2.42. The van der Waals surface area contributed by atoms with Gasteiger partial charge >= 0.3 is 0 Å². The summed E-state index contributed by atoms with van der Waals surface area (Å²) in [5.41, 5.74) is 2.12. The molecule has 1 aliphatic rings. The van der Waals surface area contributed by atoms with Crippen LogP contribution in [0.3, 0.4) is 0 Å². The average molecular weight is 342 g/mol. The lowest BCUT2D eigenvalue weighted by molar-refractivity contribution is -0.0453. The van der Waals surface area contributed by atoms with Crippen molar-refractivity contribution in [2.45, 2.75) is 32.5 Å². The van der Waals surface area contributed by atoms with Gasteiger partial charge in [-0.2, -0.15) is 0 Å². The fourth-order valence-electron chi connectivity index (χ4n) is 2.94. The minimum Gasteiger partial charge on any atom is -0.490 e. The Kier molecular flexibility index (Phi) is 6.25. The lowest BCUT2D eigenvalue weighted by atomic mass is 10.1. The number of hydrogen-bond donors (Lipinski definition) is 1. The fraction of sp³-hybridized carbons (Fsp3) is 0.450. The Balaban J connectivity index is 1.91. The molecule has 25 heavy (non-hydrogen) atoms. The van der Waals surface area contributed by atoms with E-state index in [9.17, 15) is 0 Å². The zero-order valence-corrected chi connectivity index (χ0v) is 14.9. The zero-order valence-electron chi connectivity index (χ0n) is 14.9. The normalized spacial score (nSPS) is 18.6. The number of aryl methyl sites for hydroxylation is 1. The Morgan fingerprint density at radius 2 is 2.08 bits per heavy atom. The molecule has 1 N–H and O–H groups in total. The summed E-state index contributed by atoms with van der Waals surface area (Å²) >= 11 is 0. The molecule has 1 saturated heterocycles. The van der Waals surface area contributed by atoms with E-state index in [1.807, 2.05) is 43.5 Å². The van der Waals surface area contributed by atoms with Gasteiger partial charge in [0.2, 0.25) is 0 Å². The van der Waals surface area contributed by atoms with Gasteiger partial charge in [-0.1, -0.05) is 19.1 Å². The topological polar surface area (TPSA) is 52.6 Å². The molecule has 5 nitrogen and oxygen atoms in total. The van der Waals surface area contributed by atoms with E-state index in [2.05, 4.69) is 23.3 Å². The largest absolute Gasteiger partial charge is 0.490 e. The minimum atomic E-state index is -0.291. The zero-order chi connectivity index (χ0) is 17.5. The van der Waals surface area contributed by atoms with E-state index in [-0.39, 0.29) is 12.2 Å². The van der Waals surface area contributed by atoms with Gasteiger partial charge in [-0.15, -0.1) is 0 Å². The van der Waals surface area contributed by atoms with Crippen molar-refractivity contribution in [1.82, 2.24) is 10.3 Å². The van der Waals surface area contributed by atoms with Crippen LogP contribution >= 0.6 is 0 Å². The Morgan fingerprint density at radius 1 is 1.24 bits per heavy atom. The van der Waals surface area contributed by atoms with Crippen molar-refractivity contribution >= 4 is 0 Å². The van der Waals surface area contributed by atoms with Gasteiger partial charge in [0.05, 0.1) is 18.9 Å². The molecule has 134 valence electrons. The molecule has 1 unspecified atom stereocenters. The van der Waals surface area contributed by atoms with Crippen molar-refractivity contribution in [2.75, 3.05) is 26.3 Å². The van der Waals surface area contributed by atoms with Gasteiger partial charge in [-0.05, 0) is 43.2 Å². The highest BCUT2D eigenvalue weighted by molar-refractivity contribution is 5.40. The number of pyridine rings is 1. The molecule has 1 aliphatic heterocycles. The third-order valence-electron chi connectivity index (χ3n) is 4.24. The first-order valence-electron chi connectivity index (χ1n) is 8.97. The number of nitrogens with zero attached hydrogens (tertiary/aromatic N) is 1. The summed E-state index contributed by atoms with van der Waals surface area (Å²) in [5.74, 6) is 1.46. The third-order valence-corrected chi connectivity index (χ3v) is 4.24. The lowest BCUT2D eigenvalue weighted by Crippen LogP contribution is -2.43. The van der Waals surface area contributed by atoms with E-state index in [0.29, 0.717) is 19.0 Å². The monoisotopic (exact) mass is 342 g/mol. The molecule has 0 bridgehead atoms. The second-order valence-corrected chi connectivity index (χ2v) is 5.97. The first kappa shape index (κ1) is 17.7. The predicted molar refractivity (Wildman–Crippen MR) is 97.2 cm³/mol. The van der Waals surface area contributed by atoms with Crippen LogP contribution in [0.5, 0.6) is 11.5 Å². The molecule has 3 rings (SSSR count). The van der Waals surface area contributed by atoms with Crippen LogP contribution in [0, 0.1) is 0 Å². The van der Waals surface area contributed by atoms with E-state index in [4.69, 9.17) is 14.2 Å². The molecular weight excluding hydrogens is 316 g/mol. The molecule has 1 aromatic heterocycles. The van der Waals surface area contributed by atoms with Gasteiger partial charge in [-0.3, -0.25) is 4.98 Å². The Morgan fingerprint density at radius 3 is 2.80 bits per heavy atom. The average Bonchev–Trinajstić information content (AvgIpc) is 2.68. The molecule has 0 saturated carbocycles. The highest BCUT2D eigenvalue weighted by Crippen LogP contribution is 2.33. The van der Waals surface area contributed by atoms with E-state index in [0.717, 1.165) is 31.0 Å². The molecule has 1 aromatic carbocycles. The molecule has 1 fully saturated rings. The van der Waals surface area contributed by atoms with Crippen LogP contribution in [-0.4, -0.2) is 37.4 Å². The smallest absolute Gasteiger partial charge is 0.168 e. The summed E-state index contributed by atoms with van der Waals surface area (Å²) < 4.78 is 18.0. The number of para-hydroxylation sites is 2. The molecule has 0 radical (unpaired) electrons. The summed E-state index contributed by atoms with van der Waals surface area (Å²) in [6, 6.07) is 11.9. The summed E-state index contributed by atoms with van der Waals surface area (Å²) in [5, 5.41) is 3.38. The maximum absolute atomic E-state index is 6.37. The second kappa shape index (κ2) is 8.83. The van der Waals surface area contributed by atoms with Crippen molar-refractivity contribution < 1.29 is 14.2 Å². The molecule has 2 aromatic rings. The van der Waals surface area contributed by atoms with Gasteiger partial charge in [-0.25, -0.2) is 0 Å². The van der Waals surface area contributed by atoms with Gasteiger partial charge in [0.25, 0.3) is 0 Å². The Labute approximate surface area is 149 Å². The first-order valence-corrected chi connectivity index (χ1v) is 8.97. The summed E-state index contributed by atoms with van der Waals surface area (Å²) in [4.78, 5) is 4.56. The molecule has 0 aliphatic carbocycles. The number of aromatic nitrogens is 1. The van der Waals surface area contributed by atoms with E-state index in [1.165, 1.54) is 5.56 Å². The number of rotatable bonds is 7. The van der Waals surface area contributed by atoms with Crippen LogP contribution in [0.25, 0.3) is 0 Å². The molecule has 0 spiro atoms. The van der Waals surface area contributed by atoms with Crippen molar-refractivity contribution in [3.8, 4) is 11.5 Å². The Bertz CT molecular complexity index is 671. The van der Waals surface area contributed by atoms with E-state index < -0.39 is 0 Å². The number of benzene rings is 1. The van der Waals surface area contributed by atoms with Crippen LogP contribution in [0.15, 0.2) is 42.6 Å². The third kappa shape index (κ3) is 4.50. The maximum atomic E-state index is 6.37. The fourth-order valence-corrected chi connectivity index (χ4v) is 2.94. The number of nitrogens with one attached hydrogen (secondary N) is 1. The van der Waals surface area contributed by atoms with Crippen LogP contribution in [0.2, 0.25) is 0 Å². The van der Waals surface area contributed by atoms with Crippen molar-refractivity contribution in [3.05, 3.63) is 53.9 Å². The highest BCUT2D eigenvalue weighted by atomic mass is 16.6. The SMILES string of the molecule is CCOc1ccccc1OC(c1cc(CC)ccn1)[C@@H]1CNCCO1. The molecule has 2 atom stereocenters. The predicted octanol–water partition coefficient (Wildman–Crippen LogP) is 3.15. The van der Waals surface area contributed by atoms with Crippen molar-refractivity contribution in [2.24, 2.45) is 0 Å². The quantitative estimate of drug-likeness (QED) is 0.838. The number of ether oxygens (including phenoxy) is 3. The Hall–Kier alpha value is -2.11. The van der Waals surface area contributed by atoms with E-state index >= 15 is 0 Å². The van der Waals surface area contributed by atoms with Gasteiger partial charge in [0.1, 0.15) is 6.10 Å². The van der Waals surface area contributed by atoms with Crippen LogP contribution in [0.4, 0.5) is 0 Å². The van der Waals surface area contributed by atoms with Crippen LogP contribution < -0.4 is 14.8 Å². The first-order chi connectivity index (χ1) is 12.3. The highest BCUT2D eigenvalue weighted by Gasteiger charge is 2.30. The van der Waals surface area contributed by atoms with Crippen molar-refractivity contribution in [3.63, 3.8) is 0 Å². The number of morpholine rings is 1. The van der Waals surface area contributed by atoms with E-state index in [1.54, 1.807) is 0 Å². The summed E-state index contributed by atoms with van der Waals surface area (Å²) in [7, 11) is 0. The van der Waals surface area contributed by atoms with Crippen molar-refractivity contribution in [1.29, 1.82) is 0 Å². The molecule has 2 heterocycles. The maximum Gasteiger partial charge on any atom is 0.168 e. The van der Waals surface area contributed by atoms with Gasteiger partial charge < -0.3 is 19.5 Å².